The standard InChI is InChI=1S/C32H26N2O6/c35-30(24-9-10-26-27(18-24)39-16-15-38-26)28-29(34(32(37)31(28)36)19-21-11-13-33-14-12-21)23-7-4-8-25(17-23)40-20-22-5-2-1-3-6-22/h1-14,17-18,29,35H,15-16,19-20H2/b30-28-. The molecule has 0 spiro atoms. The van der Waals surface area contributed by atoms with Crippen LogP contribution in [0, 0.1) is 0 Å². The van der Waals surface area contributed by atoms with Gasteiger partial charge in [0, 0.05) is 24.5 Å². The van der Waals surface area contributed by atoms with Crippen LogP contribution >= 0.6 is 0 Å². The van der Waals surface area contributed by atoms with Gasteiger partial charge in [-0.15, -0.1) is 0 Å². The van der Waals surface area contributed by atoms with E-state index in [0.717, 1.165) is 11.1 Å². The number of likely N-dealkylation sites (tertiary alicyclic amines) is 1. The molecular formula is C32H26N2O6. The van der Waals surface area contributed by atoms with Crippen LogP contribution in [0.3, 0.4) is 0 Å². The lowest BCUT2D eigenvalue weighted by molar-refractivity contribution is -0.140. The van der Waals surface area contributed by atoms with Gasteiger partial charge in [0.05, 0.1) is 11.6 Å². The molecule has 1 N–H and O–H groups in total. The lowest BCUT2D eigenvalue weighted by Crippen LogP contribution is -2.29. The molecular weight excluding hydrogens is 508 g/mol. The number of pyridine rings is 1. The monoisotopic (exact) mass is 534 g/mol. The highest BCUT2D eigenvalue weighted by molar-refractivity contribution is 6.46. The summed E-state index contributed by atoms with van der Waals surface area (Å²) >= 11 is 0. The van der Waals surface area contributed by atoms with Gasteiger partial charge >= 0.3 is 0 Å². The Balaban J connectivity index is 1.41. The summed E-state index contributed by atoms with van der Waals surface area (Å²) in [5.74, 6) is -0.142. The molecule has 40 heavy (non-hydrogen) atoms. The topological polar surface area (TPSA) is 98.2 Å². The Labute approximate surface area is 231 Å². The number of ether oxygens (including phenoxy) is 3. The smallest absolute Gasteiger partial charge is 0.295 e. The number of nitrogens with zero attached hydrogens (tertiary/aromatic N) is 2. The van der Waals surface area contributed by atoms with Crippen molar-refractivity contribution in [3.63, 3.8) is 0 Å². The largest absolute Gasteiger partial charge is 0.507 e. The fourth-order valence-electron chi connectivity index (χ4n) is 4.94. The summed E-state index contributed by atoms with van der Waals surface area (Å²) in [5.41, 5.74) is 2.80. The van der Waals surface area contributed by atoms with E-state index in [2.05, 4.69) is 4.98 Å². The molecule has 3 heterocycles. The van der Waals surface area contributed by atoms with Crippen molar-refractivity contribution >= 4 is 17.4 Å². The van der Waals surface area contributed by atoms with Crippen molar-refractivity contribution < 1.29 is 28.9 Å². The van der Waals surface area contributed by atoms with Crippen LogP contribution in [0.25, 0.3) is 5.76 Å². The van der Waals surface area contributed by atoms with Crippen LogP contribution in [0.1, 0.15) is 28.3 Å². The summed E-state index contributed by atoms with van der Waals surface area (Å²) in [4.78, 5) is 32.4. The quantitative estimate of drug-likeness (QED) is 0.201. The maximum absolute atomic E-state index is 13.5. The third-order valence-corrected chi connectivity index (χ3v) is 6.88. The summed E-state index contributed by atoms with van der Waals surface area (Å²) < 4.78 is 17.3. The first-order valence-corrected chi connectivity index (χ1v) is 12.9. The molecule has 1 atom stereocenters. The highest BCUT2D eigenvalue weighted by Gasteiger charge is 2.46. The molecule has 2 aliphatic heterocycles. The van der Waals surface area contributed by atoms with E-state index in [1.807, 2.05) is 48.5 Å². The van der Waals surface area contributed by atoms with Gasteiger partial charge in [0.2, 0.25) is 0 Å². The minimum absolute atomic E-state index is 0.00376. The number of amides is 1. The van der Waals surface area contributed by atoms with Crippen molar-refractivity contribution in [2.45, 2.75) is 19.2 Å². The number of carbonyl (C=O) groups is 2. The molecule has 0 radical (unpaired) electrons. The molecule has 4 aromatic rings. The second-order valence-electron chi connectivity index (χ2n) is 9.49. The molecule has 0 aliphatic carbocycles. The van der Waals surface area contributed by atoms with E-state index >= 15 is 0 Å². The highest BCUT2D eigenvalue weighted by Crippen LogP contribution is 2.42. The molecule has 8 nitrogen and oxygen atoms in total. The molecule has 200 valence electrons. The van der Waals surface area contributed by atoms with Crippen LogP contribution < -0.4 is 14.2 Å². The molecule has 8 heteroatoms. The van der Waals surface area contributed by atoms with Crippen molar-refractivity contribution in [3.8, 4) is 17.2 Å². The average Bonchev–Trinajstić information content (AvgIpc) is 3.25. The van der Waals surface area contributed by atoms with Crippen molar-refractivity contribution in [2.75, 3.05) is 13.2 Å². The average molecular weight is 535 g/mol. The number of aliphatic hydroxyl groups excluding tert-OH is 1. The number of rotatable bonds is 7. The molecule has 1 saturated heterocycles. The van der Waals surface area contributed by atoms with Crippen LogP contribution in [0.4, 0.5) is 0 Å². The zero-order valence-electron chi connectivity index (χ0n) is 21.5. The van der Waals surface area contributed by atoms with E-state index in [0.29, 0.717) is 48.2 Å². The second-order valence-corrected chi connectivity index (χ2v) is 9.49. The van der Waals surface area contributed by atoms with Crippen LogP contribution in [0.15, 0.2) is 103 Å². The van der Waals surface area contributed by atoms with Gasteiger partial charge in [-0.05, 0) is 59.2 Å². The Morgan fingerprint density at radius 1 is 0.875 bits per heavy atom. The van der Waals surface area contributed by atoms with E-state index < -0.39 is 17.7 Å². The second kappa shape index (κ2) is 10.9. The number of fused-ring (bicyclic) bond motifs is 1. The molecule has 1 amide bonds. The van der Waals surface area contributed by atoms with Gasteiger partial charge < -0.3 is 24.2 Å². The van der Waals surface area contributed by atoms with Crippen molar-refractivity contribution in [2.24, 2.45) is 0 Å². The maximum atomic E-state index is 13.5. The fraction of sp³-hybridized carbons (Fsp3) is 0.156. The lowest BCUT2D eigenvalue weighted by atomic mass is 9.95. The van der Waals surface area contributed by atoms with Gasteiger partial charge in [0.25, 0.3) is 11.7 Å². The number of ketones is 1. The van der Waals surface area contributed by atoms with Gasteiger partial charge in [0.15, 0.2) is 11.5 Å². The van der Waals surface area contributed by atoms with Crippen LogP contribution in [-0.2, 0) is 22.7 Å². The first-order chi connectivity index (χ1) is 19.6. The Hall–Kier alpha value is -5.11. The predicted molar refractivity (Wildman–Crippen MR) is 147 cm³/mol. The number of aliphatic hydroxyl groups is 1. The SMILES string of the molecule is O=C1C(=O)N(Cc2ccncc2)C(c2cccc(OCc3ccccc3)c2)/C1=C(/O)c1ccc2c(c1)OCCO2. The first kappa shape index (κ1) is 25.2. The minimum atomic E-state index is -0.846. The Bertz CT molecular complexity index is 1590. The molecule has 0 saturated carbocycles. The predicted octanol–water partition coefficient (Wildman–Crippen LogP) is 5.05. The van der Waals surface area contributed by atoms with Crippen molar-refractivity contribution in [1.29, 1.82) is 0 Å². The normalized spacial score (nSPS) is 17.6. The Kier molecular flexibility index (Phi) is 6.89. The van der Waals surface area contributed by atoms with Crippen molar-refractivity contribution in [1.82, 2.24) is 9.88 Å². The Morgan fingerprint density at radius 3 is 2.45 bits per heavy atom. The lowest BCUT2D eigenvalue weighted by Gasteiger charge is -2.26. The van der Waals surface area contributed by atoms with Gasteiger partial charge in [0.1, 0.15) is 31.3 Å². The van der Waals surface area contributed by atoms with Gasteiger partial charge in [-0.2, -0.15) is 0 Å². The van der Waals surface area contributed by atoms with E-state index in [1.165, 1.54) is 4.90 Å². The molecule has 1 aromatic heterocycles. The first-order valence-electron chi connectivity index (χ1n) is 12.9. The molecule has 6 rings (SSSR count). The number of aromatic nitrogens is 1. The van der Waals surface area contributed by atoms with Crippen LogP contribution in [0.5, 0.6) is 17.2 Å². The van der Waals surface area contributed by atoms with E-state index in [1.54, 1.807) is 48.8 Å². The highest BCUT2D eigenvalue weighted by atomic mass is 16.6. The number of benzene rings is 3. The summed E-state index contributed by atoms with van der Waals surface area (Å²) in [5, 5.41) is 11.5. The van der Waals surface area contributed by atoms with Crippen LogP contribution in [0.2, 0.25) is 0 Å². The molecule has 0 bridgehead atoms. The minimum Gasteiger partial charge on any atom is -0.507 e. The molecule has 2 aliphatic rings. The third-order valence-electron chi connectivity index (χ3n) is 6.88. The number of hydrogen-bond donors (Lipinski definition) is 1. The number of Topliss-reactive ketones (excluding diaryl/α,β-unsaturated/α-hetero) is 1. The molecule has 3 aromatic carbocycles. The van der Waals surface area contributed by atoms with Crippen LogP contribution in [-0.4, -0.2) is 39.9 Å². The fourth-order valence-corrected chi connectivity index (χ4v) is 4.94. The summed E-state index contributed by atoms with van der Waals surface area (Å²) in [6.07, 6.45) is 3.27. The molecule has 1 fully saturated rings. The number of carbonyl (C=O) groups excluding carboxylic acids is 2. The zero-order valence-corrected chi connectivity index (χ0v) is 21.5. The summed E-state index contributed by atoms with van der Waals surface area (Å²) in [6, 6.07) is 24.7. The summed E-state index contributed by atoms with van der Waals surface area (Å²) in [7, 11) is 0. The molecule has 1 unspecified atom stereocenters. The third kappa shape index (κ3) is 4.99. The maximum Gasteiger partial charge on any atom is 0.295 e. The van der Waals surface area contributed by atoms with E-state index in [4.69, 9.17) is 14.2 Å². The number of hydrogen-bond acceptors (Lipinski definition) is 7. The van der Waals surface area contributed by atoms with Gasteiger partial charge in [-0.3, -0.25) is 14.6 Å². The van der Waals surface area contributed by atoms with E-state index in [-0.39, 0.29) is 17.9 Å². The summed E-state index contributed by atoms with van der Waals surface area (Å²) in [6.45, 7) is 1.33. The van der Waals surface area contributed by atoms with Gasteiger partial charge in [-0.1, -0.05) is 42.5 Å². The van der Waals surface area contributed by atoms with Crippen molar-refractivity contribution in [3.05, 3.63) is 125 Å². The van der Waals surface area contributed by atoms with E-state index in [9.17, 15) is 14.7 Å². The zero-order chi connectivity index (χ0) is 27.5. The Morgan fingerprint density at radius 2 is 1.65 bits per heavy atom. The van der Waals surface area contributed by atoms with Gasteiger partial charge in [-0.25, -0.2) is 0 Å².